The van der Waals surface area contributed by atoms with Gasteiger partial charge in [0.2, 0.25) is 6.04 Å². The van der Waals surface area contributed by atoms with Gasteiger partial charge in [0, 0.05) is 29.8 Å². The third kappa shape index (κ3) is 4.97. The van der Waals surface area contributed by atoms with E-state index in [2.05, 4.69) is 15.5 Å². The average Bonchev–Trinajstić information content (AvgIpc) is 2.55. The summed E-state index contributed by atoms with van der Waals surface area (Å²) in [4.78, 5) is 26.1. The SMILES string of the molecule is CC/C(=C\C(CNC(=O)c1cccnc1)=N/O)[C@@H](C)[N+](=O)[O-]. The van der Waals surface area contributed by atoms with E-state index in [1.54, 1.807) is 25.3 Å². The van der Waals surface area contributed by atoms with Crippen molar-refractivity contribution < 1.29 is 14.9 Å². The molecule has 8 heteroatoms. The molecule has 1 atom stereocenters. The Morgan fingerprint density at radius 3 is 2.86 bits per heavy atom. The van der Waals surface area contributed by atoms with Gasteiger partial charge in [-0.3, -0.25) is 19.9 Å². The maximum atomic E-state index is 11.8. The van der Waals surface area contributed by atoms with Crippen LogP contribution in [0.5, 0.6) is 0 Å². The van der Waals surface area contributed by atoms with Crippen LogP contribution >= 0.6 is 0 Å². The number of amides is 1. The number of nitro groups is 1. The largest absolute Gasteiger partial charge is 0.411 e. The zero-order valence-electron chi connectivity index (χ0n) is 12.4. The second-order valence-corrected chi connectivity index (χ2v) is 4.55. The number of carbonyl (C=O) groups excluding carboxylic acids is 1. The van der Waals surface area contributed by atoms with Crippen LogP contribution in [0.25, 0.3) is 0 Å². The Kier molecular flexibility index (Phi) is 6.68. The molecule has 1 amide bonds. The molecular weight excluding hydrogens is 288 g/mol. The normalized spacial score (nSPS) is 13.5. The highest BCUT2D eigenvalue weighted by atomic mass is 16.6. The zero-order chi connectivity index (χ0) is 16.5. The molecule has 0 aromatic carbocycles. The first-order chi connectivity index (χ1) is 10.5. The summed E-state index contributed by atoms with van der Waals surface area (Å²) < 4.78 is 0. The van der Waals surface area contributed by atoms with Crippen LogP contribution in [0, 0.1) is 10.1 Å². The van der Waals surface area contributed by atoms with E-state index in [4.69, 9.17) is 5.21 Å². The van der Waals surface area contributed by atoms with Crippen LogP contribution in [-0.4, -0.2) is 39.3 Å². The molecule has 1 aromatic rings. The average molecular weight is 306 g/mol. The van der Waals surface area contributed by atoms with Crippen LogP contribution in [0.4, 0.5) is 0 Å². The van der Waals surface area contributed by atoms with Gasteiger partial charge in [-0.15, -0.1) is 0 Å². The van der Waals surface area contributed by atoms with Gasteiger partial charge in [-0.05, 0) is 24.6 Å². The van der Waals surface area contributed by atoms with Crippen LogP contribution < -0.4 is 5.32 Å². The van der Waals surface area contributed by atoms with Gasteiger partial charge >= 0.3 is 0 Å². The molecular formula is C14H18N4O4. The van der Waals surface area contributed by atoms with Crippen LogP contribution in [0.3, 0.4) is 0 Å². The molecule has 2 N–H and O–H groups in total. The van der Waals surface area contributed by atoms with Gasteiger partial charge in [-0.1, -0.05) is 12.1 Å². The van der Waals surface area contributed by atoms with Gasteiger partial charge in [0.05, 0.1) is 17.8 Å². The molecule has 118 valence electrons. The lowest BCUT2D eigenvalue weighted by atomic mass is 10.0. The molecule has 0 aliphatic rings. The van der Waals surface area contributed by atoms with Crippen molar-refractivity contribution in [2.75, 3.05) is 6.54 Å². The van der Waals surface area contributed by atoms with Crippen molar-refractivity contribution in [3.63, 3.8) is 0 Å². The summed E-state index contributed by atoms with van der Waals surface area (Å²) in [6.07, 6.45) is 4.83. The molecule has 1 heterocycles. The van der Waals surface area contributed by atoms with Crippen LogP contribution in [0.2, 0.25) is 0 Å². The van der Waals surface area contributed by atoms with Crippen molar-refractivity contribution >= 4 is 11.6 Å². The van der Waals surface area contributed by atoms with Crippen molar-refractivity contribution in [2.24, 2.45) is 5.16 Å². The summed E-state index contributed by atoms with van der Waals surface area (Å²) in [5, 5.41) is 25.4. The molecule has 0 fully saturated rings. The number of aromatic nitrogens is 1. The van der Waals surface area contributed by atoms with Crippen molar-refractivity contribution in [1.29, 1.82) is 0 Å². The summed E-state index contributed by atoms with van der Waals surface area (Å²) in [5.41, 5.74) is 1.02. The van der Waals surface area contributed by atoms with E-state index in [9.17, 15) is 14.9 Å². The Bertz CT molecular complexity index is 584. The minimum atomic E-state index is -0.879. The Morgan fingerprint density at radius 1 is 1.64 bits per heavy atom. The predicted molar refractivity (Wildman–Crippen MR) is 80.6 cm³/mol. The molecule has 0 radical (unpaired) electrons. The lowest BCUT2D eigenvalue weighted by Gasteiger charge is -2.08. The number of nitrogens with one attached hydrogen (secondary N) is 1. The van der Waals surface area contributed by atoms with Crippen molar-refractivity contribution in [2.45, 2.75) is 26.3 Å². The second kappa shape index (κ2) is 8.50. The molecule has 8 nitrogen and oxygen atoms in total. The van der Waals surface area contributed by atoms with E-state index in [1.807, 2.05) is 0 Å². The molecule has 0 spiro atoms. The van der Waals surface area contributed by atoms with Gasteiger partial charge in [0.1, 0.15) is 0 Å². The van der Waals surface area contributed by atoms with E-state index in [0.29, 0.717) is 17.6 Å². The summed E-state index contributed by atoms with van der Waals surface area (Å²) in [7, 11) is 0. The van der Waals surface area contributed by atoms with Gasteiger partial charge in [-0.2, -0.15) is 0 Å². The van der Waals surface area contributed by atoms with Gasteiger partial charge in [0.15, 0.2) is 0 Å². The minimum absolute atomic E-state index is 0.0435. The quantitative estimate of drug-likeness (QED) is 0.343. The molecule has 0 saturated carbocycles. The van der Waals surface area contributed by atoms with Gasteiger partial charge < -0.3 is 10.5 Å². The predicted octanol–water partition coefficient (Wildman–Crippen LogP) is 1.64. The van der Waals surface area contributed by atoms with E-state index in [1.165, 1.54) is 19.2 Å². The molecule has 0 aliphatic heterocycles. The zero-order valence-corrected chi connectivity index (χ0v) is 12.4. The van der Waals surface area contributed by atoms with Crippen molar-refractivity contribution in [3.05, 3.63) is 51.9 Å². The highest BCUT2D eigenvalue weighted by Gasteiger charge is 2.18. The topological polar surface area (TPSA) is 118 Å². The summed E-state index contributed by atoms with van der Waals surface area (Å²) in [6.45, 7) is 3.19. The number of hydrogen-bond donors (Lipinski definition) is 2. The fourth-order valence-electron chi connectivity index (χ4n) is 1.75. The lowest BCUT2D eigenvalue weighted by molar-refractivity contribution is -0.507. The minimum Gasteiger partial charge on any atom is -0.411 e. The van der Waals surface area contributed by atoms with Crippen LogP contribution in [0.1, 0.15) is 30.6 Å². The van der Waals surface area contributed by atoms with E-state index in [0.717, 1.165) is 0 Å². The molecule has 0 unspecified atom stereocenters. The fourth-order valence-corrected chi connectivity index (χ4v) is 1.75. The Hall–Kier alpha value is -2.77. The lowest BCUT2D eigenvalue weighted by Crippen LogP contribution is -2.29. The Labute approximate surface area is 127 Å². The number of rotatable bonds is 7. The second-order valence-electron chi connectivity index (χ2n) is 4.55. The van der Waals surface area contributed by atoms with Crippen molar-refractivity contribution in [1.82, 2.24) is 10.3 Å². The molecule has 1 rings (SSSR count). The number of carbonyl (C=O) groups is 1. The maximum Gasteiger partial charge on any atom is 0.253 e. The maximum absolute atomic E-state index is 11.8. The van der Waals surface area contributed by atoms with Crippen molar-refractivity contribution in [3.8, 4) is 0 Å². The highest BCUT2D eigenvalue weighted by molar-refractivity contribution is 6.01. The third-order valence-corrected chi connectivity index (χ3v) is 3.10. The summed E-state index contributed by atoms with van der Waals surface area (Å²) >= 11 is 0. The number of pyridine rings is 1. The number of oxime groups is 1. The highest BCUT2D eigenvalue weighted by Crippen LogP contribution is 2.10. The Balaban J connectivity index is 2.73. The number of hydrogen-bond acceptors (Lipinski definition) is 6. The monoisotopic (exact) mass is 306 g/mol. The third-order valence-electron chi connectivity index (χ3n) is 3.10. The van der Waals surface area contributed by atoms with Gasteiger partial charge in [0.25, 0.3) is 5.91 Å². The molecule has 0 bridgehead atoms. The number of nitrogens with zero attached hydrogens (tertiary/aromatic N) is 3. The summed E-state index contributed by atoms with van der Waals surface area (Å²) in [5.74, 6) is -0.372. The van der Waals surface area contributed by atoms with E-state index in [-0.39, 0.29) is 18.2 Å². The first-order valence-electron chi connectivity index (χ1n) is 6.72. The smallest absolute Gasteiger partial charge is 0.253 e. The molecule has 1 aromatic heterocycles. The Morgan fingerprint density at radius 2 is 2.36 bits per heavy atom. The van der Waals surface area contributed by atoms with E-state index >= 15 is 0 Å². The first-order valence-corrected chi connectivity index (χ1v) is 6.72. The standard InChI is InChI=1S/C14H18N4O4/c1-3-11(10(2)18(21)22)7-13(17-20)9-16-14(19)12-5-4-6-15-8-12/h4-8,10,20H,3,9H2,1-2H3,(H,16,19)/b11-7+,17-13+/t10-/m1/s1. The fraction of sp³-hybridized carbons (Fsp3) is 0.357. The molecule has 22 heavy (non-hydrogen) atoms. The van der Waals surface area contributed by atoms with Crippen LogP contribution in [0.15, 0.2) is 41.3 Å². The first kappa shape index (κ1) is 17.3. The molecule has 0 aliphatic carbocycles. The van der Waals surface area contributed by atoms with Gasteiger partial charge in [-0.25, -0.2) is 0 Å². The summed E-state index contributed by atoms with van der Waals surface area (Å²) in [6, 6.07) is 2.35. The van der Waals surface area contributed by atoms with E-state index < -0.39 is 11.0 Å². The molecule has 0 saturated heterocycles. The van der Waals surface area contributed by atoms with Crippen LogP contribution in [-0.2, 0) is 0 Å².